The van der Waals surface area contributed by atoms with Crippen molar-refractivity contribution in [2.24, 2.45) is 17.3 Å². The third-order valence-corrected chi connectivity index (χ3v) is 10.5. The van der Waals surface area contributed by atoms with Crippen molar-refractivity contribution in [2.45, 2.75) is 47.7 Å². The number of piperazine rings is 1. The molecule has 0 aromatic heterocycles. The number of benzene rings is 1. The maximum absolute atomic E-state index is 13.6. The summed E-state index contributed by atoms with van der Waals surface area (Å²) in [6.45, 7) is 1.38. The molecule has 4 saturated carbocycles. The molecule has 1 aliphatic heterocycles. The normalized spacial score (nSPS) is 35.9. The maximum atomic E-state index is 13.6. The quantitative estimate of drug-likeness (QED) is 0.608. The lowest BCUT2D eigenvalue weighted by molar-refractivity contribution is -0.156. The van der Waals surface area contributed by atoms with E-state index in [2.05, 4.69) is 15.9 Å². The fourth-order valence-electron chi connectivity index (χ4n) is 6.79. The van der Waals surface area contributed by atoms with E-state index in [0.29, 0.717) is 24.9 Å². The van der Waals surface area contributed by atoms with Gasteiger partial charge in [0.2, 0.25) is 15.9 Å². The number of carbonyl (C=O) groups excluding carboxylic acids is 1. The summed E-state index contributed by atoms with van der Waals surface area (Å²) in [5.41, 5.74) is -0.102. The third kappa shape index (κ3) is 3.21. The van der Waals surface area contributed by atoms with Gasteiger partial charge in [-0.2, -0.15) is 9.57 Å². The Morgan fingerprint density at radius 2 is 1.70 bits per heavy atom. The lowest BCUT2D eigenvalue weighted by Gasteiger charge is -2.60. The van der Waals surface area contributed by atoms with E-state index in [1.807, 2.05) is 11.0 Å². The SMILES string of the molecule is N#Cc1ccccc1S(=O)(=O)N1CCN(C(=O)C23CC4CC(CC(Br)(C4)C2)C3)CC1. The molecule has 30 heavy (non-hydrogen) atoms. The van der Waals surface area contributed by atoms with Crippen molar-refractivity contribution in [2.75, 3.05) is 26.2 Å². The van der Waals surface area contributed by atoms with Crippen LogP contribution in [0.4, 0.5) is 0 Å². The predicted octanol–water partition coefficient (Wildman–Crippen LogP) is 3.13. The average Bonchev–Trinajstić information content (AvgIpc) is 2.71. The van der Waals surface area contributed by atoms with Crippen molar-refractivity contribution >= 4 is 31.9 Å². The fourth-order valence-corrected chi connectivity index (χ4v) is 9.81. The highest BCUT2D eigenvalue weighted by Crippen LogP contribution is 2.64. The number of halogens is 1. The van der Waals surface area contributed by atoms with Crippen LogP contribution in [0.5, 0.6) is 0 Å². The summed E-state index contributed by atoms with van der Waals surface area (Å²) < 4.78 is 27.7. The summed E-state index contributed by atoms with van der Waals surface area (Å²) >= 11 is 3.98. The van der Waals surface area contributed by atoms with Gasteiger partial charge < -0.3 is 4.90 Å². The second-order valence-corrected chi connectivity index (χ2v) is 13.3. The van der Waals surface area contributed by atoms with Gasteiger partial charge in [-0.15, -0.1) is 0 Å². The van der Waals surface area contributed by atoms with Gasteiger partial charge in [0, 0.05) is 30.5 Å². The molecule has 1 heterocycles. The molecule has 4 aliphatic carbocycles. The first-order valence-electron chi connectivity index (χ1n) is 10.7. The van der Waals surface area contributed by atoms with Crippen LogP contribution in [0.2, 0.25) is 0 Å². The molecule has 0 N–H and O–H groups in total. The van der Waals surface area contributed by atoms with Crippen molar-refractivity contribution in [3.63, 3.8) is 0 Å². The van der Waals surface area contributed by atoms with Crippen LogP contribution in [-0.2, 0) is 14.8 Å². The van der Waals surface area contributed by atoms with Gasteiger partial charge in [-0.1, -0.05) is 28.1 Å². The van der Waals surface area contributed by atoms with E-state index in [1.54, 1.807) is 12.1 Å². The Bertz CT molecular complexity index is 1010. The molecule has 1 aromatic rings. The molecule has 1 saturated heterocycles. The Kier molecular flexibility index (Phi) is 4.81. The number of nitrogens with zero attached hydrogens (tertiary/aromatic N) is 3. The van der Waals surface area contributed by atoms with Crippen molar-refractivity contribution < 1.29 is 13.2 Å². The highest BCUT2D eigenvalue weighted by atomic mass is 79.9. The topological polar surface area (TPSA) is 81.5 Å². The summed E-state index contributed by atoms with van der Waals surface area (Å²) in [6, 6.07) is 8.28. The molecule has 0 radical (unpaired) electrons. The molecule has 6 nitrogen and oxygen atoms in total. The predicted molar refractivity (Wildman–Crippen MR) is 115 cm³/mol. The van der Waals surface area contributed by atoms with Gasteiger partial charge in [-0.3, -0.25) is 4.79 Å². The van der Waals surface area contributed by atoms with Gasteiger partial charge >= 0.3 is 0 Å². The summed E-state index contributed by atoms with van der Waals surface area (Å²) in [7, 11) is -3.74. The zero-order chi connectivity index (χ0) is 21.1. The summed E-state index contributed by atoms with van der Waals surface area (Å²) in [5.74, 6) is 1.51. The van der Waals surface area contributed by atoms with Gasteiger partial charge in [0.25, 0.3) is 0 Å². The zero-order valence-corrected chi connectivity index (χ0v) is 19.3. The van der Waals surface area contributed by atoms with Gasteiger partial charge in [-0.25, -0.2) is 8.42 Å². The van der Waals surface area contributed by atoms with Crippen LogP contribution in [-0.4, -0.2) is 54.0 Å². The molecule has 160 valence electrons. The van der Waals surface area contributed by atoms with Gasteiger partial charge in [0.15, 0.2) is 0 Å². The van der Waals surface area contributed by atoms with Crippen molar-refractivity contribution in [1.82, 2.24) is 9.21 Å². The van der Waals surface area contributed by atoms with Crippen LogP contribution in [0.15, 0.2) is 29.2 Å². The summed E-state index contributed by atoms with van der Waals surface area (Å²) in [4.78, 5) is 15.6. The molecule has 2 unspecified atom stereocenters. The van der Waals surface area contributed by atoms with Crippen LogP contribution in [0, 0.1) is 28.6 Å². The van der Waals surface area contributed by atoms with Gasteiger partial charge in [-0.05, 0) is 62.5 Å². The molecule has 6 rings (SSSR count). The Balaban J connectivity index is 1.31. The molecule has 1 aromatic carbocycles. The molecule has 1 amide bonds. The Hall–Kier alpha value is -1.43. The van der Waals surface area contributed by atoms with E-state index in [1.165, 1.54) is 35.7 Å². The second kappa shape index (κ2) is 7.04. The standard InChI is InChI=1S/C22H26BrN3O3S/c23-22-12-16-9-17(13-22)11-21(10-16,15-22)20(27)25-5-7-26(8-6-25)30(28,29)19-4-2-1-3-18(19)14-24/h1-4,16-17H,5-13,15H2. The highest BCUT2D eigenvalue weighted by molar-refractivity contribution is 9.10. The number of hydrogen-bond acceptors (Lipinski definition) is 4. The minimum atomic E-state index is -3.74. The van der Waals surface area contributed by atoms with E-state index < -0.39 is 10.0 Å². The van der Waals surface area contributed by atoms with E-state index in [-0.39, 0.29) is 39.2 Å². The Morgan fingerprint density at radius 1 is 1.07 bits per heavy atom. The highest BCUT2D eigenvalue weighted by Gasteiger charge is 2.60. The van der Waals surface area contributed by atoms with Gasteiger partial charge in [0.05, 0.1) is 15.9 Å². The lowest BCUT2D eigenvalue weighted by atomic mass is 9.49. The lowest BCUT2D eigenvalue weighted by Crippen LogP contribution is -2.61. The minimum Gasteiger partial charge on any atom is -0.340 e. The van der Waals surface area contributed by atoms with Crippen LogP contribution in [0.25, 0.3) is 0 Å². The van der Waals surface area contributed by atoms with E-state index in [0.717, 1.165) is 19.3 Å². The van der Waals surface area contributed by atoms with Crippen molar-refractivity contribution in [1.29, 1.82) is 5.26 Å². The number of carbonyl (C=O) groups is 1. The van der Waals surface area contributed by atoms with Crippen LogP contribution >= 0.6 is 15.9 Å². The molecular weight excluding hydrogens is 466 g/mol. The van der Waals surface area contributed by atoms with Crippen molar-refractivity contribution in [3.8, 4) is 6.07 Å². The second-order valence-electron chi connectivity index (χ2n) is 9.70. The first-order chi connectivity index (χ1) is 14.2. The number of alkyl halides is 1. The molecular formula is C22H26BrN3O3S. The third-order valence-electron chi connectivity index (χ3n) is 7.59. The average molecular weight is 492 g/mol. The number of sulfonamides is 1. The van der Waals surface area contributed by atoms with Crippen LogP contribution in [0.3, 0.4) is 0 Å². The van der Waals surface area contributed by atoms with E-state index in [9.17, 15) is 18.5 Å². The fraction of sp³-hybridized carbons (Fsp3) is 0.636. The van der Waals surface area contributed by atoms with E-state index >= 15 is 0 Å². The molecule has 5 aliphatic rings. The number of rotatable bonds is 3. The van der Waals surface area contributed by atoms with Gasteiger partial charge in [0.1, 0.15) is 6.07 Å². The molecule has 2 atom stereocenters. The first kappa shape index (κ1) is 20.5. The van der Waals surface area contributed by atoms with E-state index in [4.69, 9.17) is 0 Å². The number of nitriles is 1. The smallest absolute Gasteiger partial charge is 0.244 e. The monoisotopic (exact) mass is 491 g/mol. The number of hydrogen-bond donors (Lipinski definition) is 0. The minimum absolute atomic E-state index is 0.0505. The largest absolute Gasteiger partial charge is 0.340 e. The molecule has 4 bridgehead atoms. The summed E-state index contributed by atoms with van der Waals surface area (Å²) in [5, 5.41) is 9.28. The van der Waals surface area contributed by atoms with Crippen molar-refractivity contribution in [3.05, 3.63) is 29.8 Å². The zero-order valence-electron chi connectivity index (χ0n) is 16.9. The first-order valence-corrected chi connectivity index (χ1v) is 13.0. The molecule has 0 spiro atoms. The summed E-state index contributed by atoms with van der Waals surface area (Å²) in [6.07, 6.45) is 6.52. The van der Waals surface area contributed by atoms with Crippen LogP contribution < -0.4 is 0 Å². The molecule has 8 heteroatoms. The molecule has 5 fully saturated rings. The number of amides is 1. The van der Waals surface area contributed by atoms with Crippen LogP contribution in [0.1, 0.15) is 44.1 Å². The Labute approximate surface area is 186 Å². The maximum Gasteiger partial charge on any atom is 0.244 e. The Morgan fingerprint density at radius 3 is 2.30 bits per heavy atom.